The predicted octanol–water partition coefficient (Wildman–Crippen LogP) is 5.29. The number of hydrogen-bond acceptors (Lipinski definition) is 1. The van der Waals surface area contributed by atoms with Gasteiger partial charge in [-0.15, -0.1) is 22.9 Å². The van der Waals surface area contributed by atoms with Crippen molar-refractivity contribution in [3.63, 3.8) is 0 Å². The number of aryl methyl sites for hydroxylation is 1. The van der Waals surface area contributed by atoms with E-state index in [0.717, 1.165) is 0 Å². The first-order chi connectivity index (χ1) is 6.68. The maximum Gasteiger partial charge on any atom is 0.0704 e. The molecule has 14 heavy (non-hydrogen) atoms. The zero-order valence-corrected chi connectivity index (χ0v) is 11.4. The van der Waals surface area contributed by atoms with Crippen LogP contribution in [0.3, 0.4) is 0 Å². The second-order valence-electron chi connectivity index (χ2n) is 4.01. The highest BCUT2D eigenvalue weighted by molar-refractivity contribution is 9.11. The first-order valence-corrected chi connectivity index (χ1v) is 7.13. The maximum atomic E-state index is 6.52. The lowest BCUT2D eigenvalue weighted by atomic mass is 9.98. The molecule has 0 saturated heterocycles. The summed E-state index contributed by atoms with van der Waals surface area (Å²) in [6, 6.07) is 2.19. The van der Waals surface area contributed by atoms with Gasteiger partial charge in [-0.3, -0.25) is 0 Å². The molecule has 1 fully saturated rings. The lowest BCUT2D eigenvalue weighted by Gasteiger charge is -2.16. The molecule has 78 valence electrons. The molecule has 1 aromatic rings. The van der Waals surface area contributed by atoms with Crippen LogP contribution >= 0.6 is 38.9 Å². The van der Waals surface area contributed by atoms with E-state index < -0.39 is 0 Å². The topological polar surface area (TPSA) is 0 Å². The zero-order chi connectivity index (χ0) is 10.1. The van der Waals surface area contributed by atoms with Crippen molar-refractivity contribution in [1.29, 1.82) is 0 Å². The van der Waals surface area contributed by atoms with Crippen molar-refractivity contribution in [2.24, 2.45) is 5.92 Å². The summed E-state index contributed by atoms with van der Waals surface area (Å²) in [6.07, 6.45) is 5.33. The summed E-state index contributed by atoms with van der Waals surface area (Å²) >= 11 is 11.8. The van der Waals surface area contributed by atoms with E-state index in [1.807, 2.05) is 0 Å². The monoisotopic (exact) mass is 292 g/mol. The van der Waals surface area contributed by atoms with Crippen LogP contribution in [-0.4, -0.2) is 0 Å². The van der Waals surface area contributed by atoms with Gasteiger partial charge in [-0.1, -0.05) is 12.8 Å². The summed E-state index contributed by atoms with van der Waals surface area (Å²) in [5, 5.41) is 0.236. The van der Waals surface area contributed by atoms with E-state index in [2.05, 4.69) is 28.9 Å². The van der Waals surface area contributed by atoms with Gasteiger partial charge in [0.1, 0.15) is 0 Å². The van der Waals surface area contributed by atoms with E-state index in [1.165, 1.54) is 39.9 Å². The van der Waals surface area contributed by atoms with Crippen LogP contribution in [0.4, 0.5) is 0 Å². The van der Waals surface area contributed by atoms with Gasteiger partial charge in [-0.25, -0.2) is 0 Å². The van der Waals surface area contributed by atoms with Crippen molar-refractivity contribution < 1.29 is 0 Å². The molecule has 1 heterocycles. The van der Waals surface area contributed by atoms with Crippen LogP contribution in [0.1, 0.15) is 41.5 Å². The maximum absolute atomic E-state index is 6.52. The van der Waals surface area contributed by atoms with E-state index >= 15 is 0 Å². The molecule has 1 aromatic heterocycles. The van der Waals surface area contributed by atoms with Gasteiger partial charge < -0.3 is 0 Å². The Morgan fingerprint density at radius 1 is 1.50 bits per heavy atom. The highest BCUT2D eigenvalue weighted by Gasteiger charge is 2.26. The summed E-state index contributed by atoms with van der Waals surface area (Å²) in [6.45, 7) is 2.16. The van der Waals surface area contributed by atoms with E-state index in [9.17, 15) is 0 Å². The second kappa shape index (κ2) is 4.54. The lowest BCUT2D eigenvalue weighted by Crippen LogP contribution is -2.03. The van der Waals surface area contributed by atoms with Crippen LogP contribution in [0.2, 0.25) is 0 Å². The summed E-state index contributed by atoms with van der Waals surface area (Å²) in [4.78, 5) is 1.36. The third-order valence-electron chi connectivity index (χ3n) is 3.04. The summed E-state index contributed by atoms with van der Waals surface area (Å²) in [7, 11) is 0. The summed E-state index contributed by atoms with van der Waals surface area (Å²) in [5.41, 5.74) is 1.34. The fourth-order valence-electron chi connectivity index (χ4n) is 2.24. The first kappa shape index (κ1) is 11.0. The fraction of sp³-hybridized carbons (Fsp3) is 0.636. The van der Waals surface area contributed by atoms with Crippen molar-refractivity contribution in [1.82, 2.24) is 0 Å². The number of thiophene rings is 1. The Kier molecular flexibility index (Phi) is 3.56. The Morgan fingerprint density at radius 2 is 2.14 bits per heavy atom. The normalized spacial score (nSPS) is 20.2. The molecule has 0 N–H and O–H groups in total. The molecule has 0 bridgehead atoms. The molecule has 1 unspecified atom stereocenters. The van der Waals surface area contributed by atoms with Crippen molar-refractivity contribution in [3.05, 3.63) is 20.3 Å². The van der Waals surface area contributed by atoms with E-state index in [1.54, 1.807) is 11.3 Å². The van der Waals surface area contributed by atoms with Crippen molar-refractivity contribution in [2.45, 2.75) is 38.0 Å². The summed E-state index contributed by atoms with van der Waals surface area (Å²) in [5.74, 6) is 0.705. The Hall–Kier alpha value is 0.470. The molecule has 1 aliphatic carbocycles. The standard InChI is InChI=1S/C11H14BrClS/c1-7-9(6-10(12)14-7)11(13)8-4-2-3-5-8/h6,8,11H,2-5H2,1H3. The molecule has 0 spiro atoms. The fourth-order valence-corrected chi connectivity index (χ4v) is 4.54. The lowest BCUT2D eigenvalue weighted by molar-refractivity contribution is 0.528. The van der Waals surface area contributed by atoms with Crippen LogP contribution in [0.5, 0.6) is 0 Å². The molecule has 0 aromatic carbocycles. The Morgan fingerprint density at radius 3 is 2.64 bits per heavy atom. The minimum absolute atomic E-state index is 0.236. The second-order valence-corrected chi connectivity index (χ2v) is 7.11. The van der Waals surface area contributed by atoms with Crippen molar-refractivity contribution >= 4 is 38.9 Å². The van der Waals surface area contributed by atoms with E-state index in [4.69, 9.17) is 11.6 Å². The Bertz CT molecular complexity index is 315. The number of halogens is 2. The highest BCUT2D eigenvalue weighted by atomic mass is 79.9. The minimum atomic E-state index is 0.236. The van der Waals surface area contributed by atoms with Gasteiger partial charge in [0.15, 0.2) is 0 Å². The molecule has 1 atom stereocenters. The molecule has 1 saturated carbocycles. The van der Waals surface area contributed by atoms with Crippen LogP contribution in [0.15, 0.2) is 9.85 Å². The first-order valence-electron chi connectivity index (χ1n) is 5.08. The van der Waals surface area contributed by atoms with Crippen LogP contribution in [0, 0.1) is 12.8 Å². The average Bonchev–Trinajstić information content (AvgIpc) is 2.73. The van der Waals surface area contributed by atoms with Crippen molar-refractivity contribution in [2.75, 3.05) is 0 Å². The van der Waals surface area contributed by atoms with Gasteiger partial charge >= 0.3 is 0 Å². The molecular weight excluding hydrogens is 280 g/mol. The third kappa shape index (κ3) is 2.17. The Labute approximate surface area is 103 Å². The Balaban J connectivity index is 2.17. The smallest absolute Gasteiger partial charge is 0.0704 e. The van der Waals surface area contributed by atoms with Crippen LogP contribution in [-0.2, 0) is 0 Å². The molecule has 2 rings (SSSR count). The SMILES string of the molecule is Cc1sc(Br)cc1C(Cl)C1CCCC1. The number of alkyl halides is 1. The van der Waals surface area contributed by atoms with Gasteiger partial charge in [0.05, 0.1) is 9.16 Å². The van der Waals surface area contributed by atoms with E-state index in [0.29, 0.717) is 5.92 Å². The summed E-state index contributed by atoms with van der Waals surface area (Å²) < 4.78 is 1.20. The largest absolute Gasteiger partial charge is 0.133 e. The predicted molar refractivity (Wildman–Crippen MR) is 67.3 cm³/mol. The van der Waals surface area contributed by atoms with Crippen LogP contribution < -0.4 is 0 Å². The van der Waals surface area contributed by atoms with Gasteiger partial charge in [-0.2, -0.15) is 0 Å². The molecule has 0 radical (unpaired) electrons. The van der Waals surface area contributed by atoms with Gasteiger partial charge in [-0.05, 0) is 53.2 Å². The van der Waals surface area contributed by atoms with Crippen molar-refractivity contribution in [3.8, 4) is 0 Å². The van der Waals surface area contributed by atoms with Crippen LogP contribution in [0.25, 0.3) is 0 Å². The number of rotatable bonds is 2. The molecule has 3 heteroatoms. The molecule has 0 amide bonds. The number of hydrogen-bond donors (Lipinski definition) is 0. The minimum Gasteiger partial charge on any atom is -0.133 e. The zero-order valence-electron chi connectivity index (χ0n) is 8.22. The van der Waals surface area contributed by atoms with Gasteiger partial charge in [0, 0.05) is 4.88 Å². The quantitative estimate of drug-likeness (QED) is 0.650. The molecular formula is C11H14BrClS. The average molecular weight is 294 g/mol. The van der Waals surface area contributed by atoms with E-state index in [-0.39, 0.29) is 5.38 Å². The highest BCUT2D eigenvalue weighted by Crippen LogP contribution is 2.43. The van der Waals surface area contributed by atoms with Gasteiger partial charge in [0.25, 0.3) is 0 Å². The molecule has 0 aliphatic heterocycles. The molecule has 1 aliphatic rings. The van der Waals surface area contributed by atoms with Gasteiger partial charge in [0.2, 0.25) is 0 Å². The molecule has 0 nitrogen and oxygen atoms in total. The third-order valence-corrected chi connectivity index (χ3v) is 5.20.